The molecule has 2 aromatic rings. The van der Waals surface area contributed by atoms with Gasteiger partial charge in [-0.15, -0.1) is 0 Å². The molecule has 6 nitrogen and oxygen atoms in total. The Morgan fingerprint density at radius 2 is 2.27 bits per heavy atom. The van der Waals surface area contributed by atoms with E-state index in [-0.39, 0.29) is 0 Å². The molecule has 1 aromatic heterocycles. The average Bonchev–Trinajstić information content (AvgIpc) is 2.98. The van der Waals surface area contributed by atoms with E-state index in [1.807, 2.05) is 37.4 Å². The second-order valence-corrected chi connectivity index (χ2v) is 5.24. The van der Waals surface area contributed by atoms with Gasteiger partial charge in [0, 0.05) is 24.5 Å². The van der Waals surface area contributed by atoms with E-state index in [0.29, 0.717) is 24.4 Å². The van der Waals surface area contributed by atoms with E-state index < -0.39 is 12.0 Å². The molecule has 0 saturated heterocycles. The van der Waals surface area contributed by atoms with Crippen LogP contribution in [0.3, 0.4) is 0 Å². The highest BCUT2D eigenvalue weighted by molar-refractivity contribution is 5.76. The summed E-state index contributed by atoms with van der Waals surface area (Å²) in [5.74, 6) is -0.309. The number of carboxylic acid groups (broad SMARTS) is 1. The van der Waals surface area contributed by atoms with Crippen LogP contribution in [0, 0.1) is 6.92 Å². The molecule has 0 saturated carbocycles. The Hall–Kier alpha value is -2.34. The van der Waals surface area contributed by atoms with Crippen molar-refractivity contribution in [3.63, 3.8) is 0 Å². The van der Waals surface area contributed by atoms with E-state index in [9.17, 15) is 9.90 Å². The Morgan fingerprint density at radius 3 is 2.86 bits per heavy atom. The maximum atomic E-state index is 11.8. The quantitative estimate of drug-likeness (QED) is 0.847. The summed E-state index contributed by atoms with van der Waals surface area (Å²) in [7, 11) is 3.35. The standard InChI is InChI=1S/C16H21N3O3/c1-12-5-6-14(22-3)13(11-12)15(16(20)21)18(2)9-10-19-8-4-7-17-19/h4-8,11,15H,9-10H2,1-3H3,(H,20,21)/t15-/m1/s1. The lowest BCUT2D eigenvalue weighted by Crippen LogP contribution is -2.33. The fourth-order valence-electron chi connectivity index (χ4n) is 2.45. The summed E-state index contributed by atoms with van der Waals surface area (Å²) in [6.07, 6.45) is 3.56. The lowest BCUT2D eigenvalue weighted by atomic mass is 10.0. The van der Waals surface area contributed by atoms with Gasteiger partial charge >= 0.3 is 5.97 Å². The summed E-state index contributed by atoms with van der Waals surface area (Å²) in [6, 6.07) is 6.66. The van der Waals surface area contributed by atoms with Crippen molar-refractivity contribution in [2.45, 2.75) is 19.5 Å². The predicted molar refractivity (Wildman–Crippen MR) is 83.0 cm³/mol. The van der Waals surface area contributed by atoms with E-state index in [1.54, 1.807) is 29.9 Å². The Labute approximate surface area is 129 Å². The van der Waals surface area contributed by atoms with Crippen LogP contribution in [0.15, 0.2) is 36.7 Å². The number of aliphatic carboxylic acids is 1. The topological polar surface area (TPSA) is 67.6 Å². The van der Waals surface area contributed by atoms with Crippen LogP contribution in [0.1, 0.15) is 17.2 Å². The number of hydrogen-bond acceptors (Lipinski definition) is 4. The van der Waals surface area contributed by atoms with E-state index in [4.69, 9.17) is 4.74 Å². The predicted octanol–water partition coefficient (Wildman–Crippen LogP) is 1.96. The molecule has 6 heteroatoms. The molecule has 0 fully saturated rings. The first-order valence-electron chi connectivity index (χ1n) is 7.08. The number of aromatic nitrogens is 2. The minimum atomic E-state index is -0.896. The smallest absolute Gasteiger partial charge is 0.325 e. The first kappa shape index (κ1) is 16.0. The van der Waals surface area contributed by atoms with Crippen LogP contribution >= 0.6 is 0 Å². The zero-order valence-electron chi connectivity index (χ0n) is 13.1. The minimum absolute atomic E-state index is 0.565. The molecule has 0 amide bonds. The zero-order valence-corrected chi connectivity index (χ0v) is 13.1. The molecular formula is C16H21N3O3. The van der Waals surface area contributed by atoms with Gasteiger partial charge in [0.2, 0.25) is 0 Å². The number of nitrogens with zero attached hydrogens (tertiary/aromatic N) is 3. The van der Waals surface area contributed by atoms with Gasteiger partial charge in [-0.05, 0) is 26.1 Å². The summed E-state index contributed by atoms with van der Waals surface area (Å²) in [5, 5.41) is 13.8. The molecule has 1 atom stereocenters. The van der Waals surface area contributed by atoms with Crippen LogP contribution in [-0.2, 0) is 11.3 Å². The SMILES string of the molecule is COc1ccc(C)cc1[C@H](C(=O)O)N(C)CCn1cccn1. The van der Waals surface area contributed by atoms with Crippen molar-refractivity contribution in [3.8, 4) is 5.75 Å². The largest absolute Gasteiger partial charge is 0.496 e. The lowest BCUT2D eigenvalue weighted by molar-refractivity contribution is -0.143. The third kappa shape index (κ3) is 3.65. The fraction of sp³-hybridized carbons (Fsp3) is 0.375. The van der Waals surface area contributed by atoms with Crippen LogP contribution in [0.5, 0.6) is 5.75 Å². The highest BCUT2D eigenvalue weighted by Gasteiger charge is 2.27. The van der Waals surface area contributed by atoms with Gasteiger partial charge in [-0.25, -0.2) is 0 Å². The Balaban J connectivity index is 2.22. The summed E-state index contributed by atoms with van der Waals surface area (Å²) >= 11 is 0. The van der Waals surface area contributed by atoms with Crippen LogP contribution < -0.4 is 4.74 Å². The molecular weight excluding hydrogens is 282 g/mol. The fourth-order valence-corrected chi connectivity index (χ4v) is 2.45. The molecule has 0 aliphatic heterocycles. The summed E-state index contributed by atoms with van der Waals surface area (Å²) in [4.78, 5) is 13.6. The zero-order chi connectivity index (χ0) is 16.1. The van der Waals surface area contributed by atoms with Gasteiger partial charge in [0.05, 0.1) is 13.7 Å². The number of ether oxygens (including phenoxy) is 1. The minimum Gasteiger partial charge on any atom is -0.496 e. The van der Waals surface area contributed by atoms with Crippen LogP contribution in [0.4, 0.5) is 0 Å². The number of rotatable bonds is 7. The number of carbonyl (C=O) groups is 1. The van der Waals surface area contributed by atoms with E-state index >= 15 is 0 Å². The third-order valence-electron chi connectivity index (χ3n) is 3.60. The van der Waals surface area contributed by atoms with Crippen LogP contribution in [0.25, 0.3) is 0 Å². The molecule has 0 radical (unpaired) electrons. The van der Waals surface area contributed by atoms with E-state index in [0.717, 1.165) is 5.56 Å². The molecule has 0 spiro atoms. The highest BCUT2D eigenvalue weighted by Crippen LogP contribution is 2.30. The summed E-state index contributed by atoms with van der Waals surface area (Å²) in [5.41, 5.74) is 1.67. The van der Waals surface area contributed by atoms with Gasteiger partial charge < -0.3 is 9.84 Å². The maximum absolute atomic E-state index is 11.8. The van der Waals surface area contributed by atoms with Gasteiger partial charge in [-0.2, -0.15) is 5.10 Å². The molecule has 0 unspecified atom stereocenters. The second-order valence-electron chi connectivity index (χ2n) is 5.24. The highest BCUT2D eigenvalue weighted by atomic mass is 16.5. The summed E-state index contributed by atoms with van der Waals surface area (Å²) < 4.78 is 7.11. The number of methoxy groups -OCH3 is 1. The van der Waals surface area contributed by atoms with E-state index in [1.165, 1.54) is 0 Å². The number of carboxylic acids is 1. The van der Waals surface area contributed by atoms with Gasteiger partial charge in [0.15, 0.2) is 0 Å². The van der Waals surface area contributed by atoms with Crippen LogP contribution in [0.2, 0.25) is 0 Å². The summed E-state index contributed by atoms with van der Waals surface area (Å²) in [6.45, 7) is 3.13. The van der Waals surface area contributed by atoms with Crippen molar-refractivity contribution in [1.29, 1.82) is 0 Å². The number of hydrogen-bond donors (Lipinski definition) is 1. The molecule has 1 aromatic carbocycles. The number of benzene rings is 1. The van der Waals surface area contributed by atoms with Crippen molar-refractivity contribution in [3.05, 3.63) is 47.8 Å². The van der Waals surface area contributed by atoms with Crippen molar-refractivity contribution in [2.75, 3.05) is 20.7 Å². The molecule has 118 valence electrons. The average molecular weight is 303 g/mol. The Morgan fingerprint density at radius 1 is 1.50 bits per heavy atom. The Bertz CT molecular complexity index is 626. The number of likely N-dealkylation sites (N-methyl/N-ethyl adjacent to an activating group) is 1. The molecule has 0 aliphatic rings. The molecule has 2 rings (SSSR count). The third-order valence-corrected chi connectivity index (χ3v) is 3.60. The first-order chi connectivity index (χ1) is 10.5. The van der Waals surface area contributed by atoms with Crippen molar-refractivity contribution in [1.82, 2.24) is 14.7 Å². The molecule has 1 heterocycles. The molecule has 0 bridgehead atoms. The second kappa shape index (κ2) is 7.09. The molecule has 1 N–H and O–H groups in total. The lowest BCUT2D eigenvalue weighted by Gasteiger charge is -2.26. The van der Waals surface area contributed by atoms with Crippen molar-refractivity contribution < 1.29 is 14.6 Å². The number of aryl methyl sites for hydroxylation is 1. The first-order valence-corrected chi connectivity index (χ1v) is 7.08. The van der Waals surface area contributed by atoms with Crippen molar-refractivity contribution >= 4 is 5.97 Å². The molecule has 22 heavy (non-hydrogen) atoms. The Kier molecular flexibility index (Phi) is 5.16. The molecule has 0 aliphatic carbocycles. The monoisotopic (exact) mass is 303 g/mol. The van der Waals surface area contributed by atoms with Crippen LogP contribution in [-0.4, -0.2) is 46.5 Å². The van der Waals surface area contributed by atoms with Gasteiger partial charge in [0.25, 0.3) is 0 Å². The van der Waals surface area contributed by atoms with Gasteiger partial charge in [-0.1, -0.05) is 17.7 Å². The normalized spacial score (nSPS) is 12.4. The van der Waals surface area contributed by atoms with Gasteiger partial charge in [-0.3, -0.25) is 14.4 Å². The maximum Gasteiger partial charge on any atom is 0.325 e. The van der Waals surface area contributed by atoms with Crippen molar-refractivity contribution in [2.24, 2.45) is 0 Å². The van der Waals surface area contributed by atoms with Gasteiger partial charge in [0.1, 0.15) is 11.8 Å². The van der Waals surface area contributed by atoms with E-state index in [2.05, 4.69) is 5.10 Å².